The zero-order valence-corrected chi connectivity index (χ0v) is 13.6. The molecule has 0 radical (unpaired) electrons. The first kappa shape index (κ1) is 15.9. The summed E-state index contributed by atoms with van der Waals surface area (Å²) < 4.78 is 14.1. The fraction of sp³-hybridized carbons (Fsp3) is 0.444. The van der Waals surface area contributed by atoms with Gasteiger partial charge in [0.2, 0.25) is 0 Å². The van der Waals surface area contributed by atoms with Gasteiger partial charge in [-0.05, 0) is 37.4 Å². The standard InChI is InChI=1S/C18H23FN4/c1-12(2)16-10-17(21-13-6-5-9-20-11-13)23-18(22-16)14-7-3-4-8-15(14)19/h3-4,7-8,10,12-13,20H,5-6,9,11H2,1-2H3,(H,21,22,23). The number of rotatable bonds is 4. The molecule has 1 aliphatic heterocycles. The molecule has 4 nitrogen and oxygen atoms in total. The van der Waals surface area contributed by atoms with Gasteiger partial charge in [0, 0.05) is 24.3 Å². The van der Waals surface area contributed by atoms with Gasteiger partial charge < -0.3 is 10.6 Å². The first-order valence-corrected chi connectivity index (χ1v) is 8.24. The number of piperidine rings is 1. The fourth-order valence-electron chi connectivity index (χ4n) is 2.78. The molecule has 122 valence electrons. The molecule has 23 heavy (non-hydrogen) atoms. The molecule has 0 saturated carbocycles. The van der Waals surface area contributed by atoms with E-state index in [0.29, 0.717) is 17.4 Å². The van der Waals surface area contributed by atoms with E-state index in [1.54, 1.807) is 12.1 Å². The molecule has 3 rings (SSSR count). The summed E-state index contributed by atoms with van der Waals surface area (Å²) in [5.74, 6) is 1.18. The van der Waals surface area contributed by atoms with Gasteiger partial charge in [-0.1, -0.05) is 26.0 Å². The second kappa shape index (κ2) is 7.04. The summed E-state index contributed by atoms with van der Waals surface area (Å²) in [6, 6.07) is 8.98. The van der Waals surface area contributed by atoms with Crippen molar-refractivity contribution in [2.24, 2.45) is 0 Å². The number of halogens is 1. The van der Waals surface area contributed by atoms with Crippen molar-refractivity contribution in [2.75, 3.05) is 18.4 Å². The zero-order valence-electron chi connectivity index (χ0n) is 13.6. The number of hydrogen-bond acceptors (Lipinski definition) is 4. The molecule has 0 bridgehead atoms. The van der Waals surface area contributed by atoms with Gasteiger partial charge >= 0.3 is 0 Å². The van der Waals surface area contributed by atoms with Crippen LogP contribution >= 0.6 is 0 Å². The van der Waals surface area contributed by atoms with Gasteiger partial charge in [-0.3, -0.25) is 0 Å². The highest BCUT2D eigenvalue weighted by Crippen LogP contribution is 2.24. The highest BCUT2D eigenvalue weighted by molar-refractivity contribution is 5.58. The highest BCUT2D eigenvalue weighted by atomic mass is 19.1. The molecule has 0 spiro atoms. The minimum atomic E-state index is -0.293. The molecule has 5 heteroatoms. The lowest BCUT2D eigenvalue weighted by atomic mass is 10.1. The second-order valence-corrected chi connectivity index (χ2v) is 6.32. The average Bonchev–Trinajstić information content (AvgIpc) is 2.56. The zero-order chi connectivity index (χ0) is 16.2. The lowest BCUT2D eigenvalue weighted by molar-refractivity contribution is 0.479. The van der Waals surface area contributed by atoms with Crippen molar-refractivity contribution in [3.63, 3.8) is 0 Å². The van der Waals surface area contributed by atoms with Gasteiger partial charge in [0.05, 0.1) is 5.56 Å². The summed E-state index contributed by atoms with van der Waals surface area (Å²) in [5.41, 5.74) is 1.37. The van der Waals surface area contributed by atoms with Gasteiger partial charge in [-0.15, -0.1) is 0 Å². The monoisotopic (exact) mass is 314 g/mol. The van der Waals surface area contributed by atoms with E-state index < -0.39 is 0 Å². The van der Waals surface area contributed by atoms with Gasteiger partial charge in [-0.25, -0.2) is 14.4 Å². The lowest BCUT2D eigenvalue weighted by Crippen LogP contribution is -2.38. The molecule has 1 aliphatic rings. The summed E-state index contributed by atoms with van der Waals surface area (Å²) in [7, 11) is 0. The Kier molecular flexibility index (Phi) is 4.86. The molecule has 0 aliphatic carbocycles. The van der Waals surface area contributed by atoms with Crippen LogP contribution in [-0.2, 0) is 0 Å². The Morgan fingerprint density at radius 1 is 1.26 bits per heavy atom. The number of hydrogen-bond donors (Lipinski definition) is 2. The molecule has 1 aromatic heterocycles. The summed E-state index contributed by atoms with van der Waals surface area (Å²) >= 11 is 0. The van der Waals surface area contributed by atoms with Crippen molar-refractivity contribution in [3.8, 4) is 11.4 Å². The van der Waals surface area contributed by atoms with Gasteiger partial charge in [0.1, 0.15) is 11.6 Å². The van der Waals surface area contributed by atoms with Crippen molar-refractivity contribution in [1.82, 2.24) is 15.3 Å². The number of nitrogens with one attached hydrogen (secondary N) is 2. The molecular formula is C18H23FN4. The van der Waals surface area contributed by atoms with E-state index in [2.05, 4.69) is 34.4 Å². The van der Waals surface area contributed by atoms with Crippen LogP contribution in [0.4, 0.5) is 10.2 Å². The number of aromatic nitrogens is 2. The van der Waals surface area contributed by atoms with E-state index in [0.717, 1.165) is 37.4 Å². The number of benzene rings is 1. The smallest absolute Gasteiger partial charge is 0.164 e. The van der Waals surface area contributed by atoms with Crippen LogP contribution < -0.4 is 10.6 Å². The molecule has 2 N–H and O–H groups in total. The summed E-state index contributed by atoms with van der Waals surface area (Å²) in [6.07, 6.45) is 2.27. The lowest BCUT2D eigenvalue weighted by Gasteiger charge is -2.24. The third kappa shape index (κ3) is 3.85. The maximum Gasteiger partial charge on any atom is 0.164 e. The van der Waals surface area contributed by atoms with Gasteiger partial charge in [0.15, 0.2) is 5.82 Å². The van der Waals surface area contributed by atoms with E-state index in [1.165, 1.54) is 6.07 Å². The minimum absolute atomic E-state index is 0.258. The normalized spacial score (nSPS) is 18.2. The molecule has 1 fully saturated rings. The van der Waals surface area contributed by atoms with E-state index >= 15 is 0 Å². The van der Waals surface area contributed by atoms with Crippen molar-refractivity contribution >= 4 is 5.82 Å². The van der Waals surface area contributed by atoms with E-state index in [1.807, 2.05) is 12.1 Å². The molecule has 0 amide bonds. The maximum atomic E-state index is 14.1. The van der Waals surface area contributed by atoms with Crippen LogP contribution in [0.3, 0.4) is 0 Å². The van der Waals surface area contributed by atoms with E-state index in [-0.39, 0.29) is 11.7 Å². The number of nitrogens with zero attached hydrogens (tertiary/aromatic N) is 2. The largest absolute Gasteiger partial charge is 0.366 e. The van der Waals surface area contributed by atoms with Crippen LogP contribution in [0.1, 0.15) is 38.3 Å². The predicted octanol–water partition coefficient (Wildman–Crippen LogP) is 3.57. The Morgan fingerprint density at radius 2 is 2.09 bits per heavy atom. The third-order valence-electron chi connectivity index (χ3n) is 4.10. The number of anilines is 1. The topological polar surface area (TPSA) is 49.8 Å². The van der Waals surface area contributed by atoms with Crippen LogP contribution in [0.15, 0.2) is 30.3 Å². The van der Waals surface area contributed by atoms with Crippen molar-refractivity contribution < 1.29 is 4.39 Å². The van der Waals surface area contributed by atoms with Crippen molar-refractivity contribution in [2.45, 2.75) is 38.6 Å². The SMILES string of the molecule is CC(C)c1cc(NC2CCCNC2)nc(-c2ccccc2F)n1. The van der Waals surface area contributed by atoms with Crippen molar-refractivity contribution in [3.05, 3.63) is 41.8 Å². The third-order valence-corrected chi connectivity index (χ3v) is 4.10. The molecule has 2 heterocycles. The summed E-state index contributed by atoms with van der Waals surface area (Å²) in [4.78, 5) is 9.10. The van der Waals surface area contributed by atoms with Gasteiger partial charge in [0.25, 0.3) is 0 Å². The van der Waals surface area contributed by atoms with Crippen LogP contribution in [-0.4, -0.2) is 29.1 Å². The quantitative estimate of drug-likeness (QED) is 0.906. The molecule has 1 aromatic carbocycles. The highest BCUT2D eigenvalue weighted by Gasteiger charge is 2.16. The van der Waals surface area contributed by atoms with E-state index in [4.69, 9.17) is 0 Å². The van der Waals surface area contributed by atoms with Crippen LogP contribution in [0.5, 0.6) is 0 Å². The Labute approximate surface area is 136 Å². The molecule has 2 aromatic rings. The molecule has 1 unspecified atom stereocenters. The molecule has 1 atom stereocenters. The Hall–Kier alpha value is -2.01. The first-order valence-electron chi connectivity index (χ1n) is 8.24. The molecule has 1 saturated heterocycles. The Morgan fingerprint density at radius 3 is 2.78 bits per heavy atom. The first-order chi connectivity index (χ1) is 11.1. The molecular weight excluding hydrogens is 291 g/mol. The summed E-state index contributed by atoms with van der Waals surface area (Å²) in [6.45, 7) is 6.16. The predicted molar refractivity (Wildman–Crippen MR) is 91.0 cm³/mol. The van der Waals surface area contributed by atoms with Gasteiger partial charge in [-0.2, -0.15) is 0 Å². The van der Waals surface area contributed by atoms with Crippen molar-refractivity contribution in [1.29, 1.82) is 0 Å². The Balaban J connectivity index is 1.94. The second-order valence-electron chi connectivity index (χ2n) is 6.32. The van der Waals surface area contributed by atoms with Crippen LogP contribution in [0.25, 0.3) is 11.4 Å². The Bertz CT molecular complexity index is 666. The fourth-order valence-corrected chi connectivity index (χ4v) is 2.78. The maximum absolute atomic E-state index is 14.1. The summed E-state index contributed by atoms with van der Waals surface area (Å²) in [5, 5.41) is 6.85. The average molecular weight is 314 g/mol. The van der Waals surface area contributed by atoms with E-state index in [9.17, 15) is 4.39 Å². The van der Waals surface area contributed by atoms with Crippen LogP contribution in [0, 0.1) is 5.82 Å². The van der Waals surface area contributed by atoms with Crippen LogP contribution in [0.2, 0.25) is 0 Å². The minimum Gasteiger partial charge on any atom is -0.366 e.